The summed E-state index contributed by atoms with van der Waals surface area (Å²) in [6, 6.07) is 4.36. The zero-order chi connectivity index (χ0) is 11.1. The highest BCUT2D eigenvalue weighted by molar-refractivity contribution is 5.99. The minimum atomic E-state index is -4.21. The molecular formula is C10H8F3NO. The molecule has 1 aromatic rings. The SMILES string of the molecule is O=C1Cc2ccc(CC(F)(F)F)cc2N1. The Bertz CT molecular complexity index is 412. The number of anilines is 1. The molecule has 0 spiro atoms. The maximum absolute atomic E-state index is 12.1. The summed E-state index contributed by atoms with van der Waals surface area (Å²) in [6.07, 6.45) is -4.92. The third-order valence-electron chi connectivity index (χ3n) is 2.20. The molecule has 5 heteroatoms. The molecule has 0 fully saturated rings. The number of hydrogen-bond acceptors (Lipinski definition) is 1. The Morgan fingerprint density at radius 2 is 2.07 bits per heavy atom. The van der Waals surface area contributed by atoms with Gasteiger partial charge in [-0.25, -0.2) is 0 Å². The van der Waals surface area contributed by atoms with E-state index in [0.717, 1.165) is 5.56 Å². The minimum absolute atomic E-state index is 0.170. The van der Waals surface area contributed by atoms with Crippen LogP contribution in [-0.4, -0.2) is 12.1 Å². The van der Waals surface area contributed by atoms with Gasteiger partial charge in [0.1, 0.15) is 0 Å². The fourth-order valence-electron chi connectivity index (χ4n) is 1.60. The molecule has 0 radical (unpaired) electrons. The van der Waals surface area contributed by atoms with Gasteiger partial charge in [0, 0.05) is 5.69 Å². The fourth-order valence-corrected chi connectivity index (χ4v) is 1.60. The van der Waals surface area contributed by atoms with E-state index in [2.05, 4.69) is 5.32 Å². The van der Waals surface area contributed by atoms with Gasteiger partial charge in [0.25, 0.3) is 0 Å². The third-order valence-corrected chi connectivity index (χ3v) is 2.20. The minimum Gasteiger partial charge on any atom is -0.326 e. The van der Waals surface area contributed by atoms with Crippen LogP contribution in [-0.2, 0) is 17.6 Å². The molecule has 1 aromatic carbocycles. The van der Waals surface area contributed by atoms with Crippen LogP contribution in [0.4, 0.5) is 18.9 Å². The normalized spacial score (nSPS) is 15.0. The fraction of sp³-hybridized carbons (Fsp3) is 0.300. The zero-order valence-corrected chi connectivity index (χ0v) is 7.69. The van der Waals surface area contributed by atoms with Crippen LogP contribution in [0.25, 0.3) is 0 Å². The topological polar surface area (TPSA) is 29.1 Å². The van der Waals surface area contributed by atoms with E-state index < -0.39 is 12.6 Å². The van der Waals surface area contributed by atoms with Crippen LogP contribution >= 0.6 is 0 Å². The average molecular weight is 215 g/mol. The first-order valence-corrected chi connectivity index (χ1v) is 4.42. The van der Waals surface area contributed by atoms with Crippen molar-refractivity contribution < 1.29 is 18.0 Å². The van der Waals surface area contributed by atoms with E-state index in [4.69, 9.17) is 0 Å². The van der Waals surface area contributed by atoms with Crippen molar-refractivity contribution in [2.75, 3.05) is 5.32 Å². The molecular weight excluding hydrogens is 207 g/mol. The lowest BCUT2D eigenvalue weighted by Crippen LogP contribution is -2.11. The van der Waals surface area contributed by atoms with Crippen molar-refractivity contribution in [3.05, 3.63) is 29.3 Å². The lowest BCUT2D eigenvalue weighted by atomic mass is 10.1. The van der Waals surface area contributed by atoms with Gasteiger partial charge in [-0.05, 0) is 17.2 Å². The highest BCUT2D eigenvalue weighted by atomic mass is 19.4. The van der Waals surface area contributed by atoms with E-state index in [1.165, 1.54) is 12.1 Å². The molecule has 0 unspecified atom stereocenters. The molecule has 1 N–H and O–H groups in total. The van der Waals surface area contributed by atoms with Crippen LogP contribution in [0.3, 0.4) is 0 Å². The van der Waals surface area contributed by atoms with Crippen molar-refractivity contribution in [1.82, 2.24) is 0 Å². The number of amides is 1. The van der Waals surface area contributed by atoms with Crippen molar-refractivity contribution in [2.24, 2.45) is 0 Å². The highest BCUT2D eigenvalue weighted by Gasteiger charge is 2.28. The number of alkyl halides is 3. The predicted molar refractivity (Wildman–Crippen MR) is 48.5 cm³/mol. The number of hydrogen-bond donors (Lipinski definition) is 1. The van der Waals surface area contributed by atoms with Crippen LogP contribution in [0, 0.1) is 0 Å². The summed E-state index contributed by atoms with van der Waals surface area (Å²) < 4.78 is 36.2. The maximum Gasteiger partial charge on any atom is 0.393 e. The largest absolute Gasteiger partial charge is 0.393 e. The molecule has 1 amide bonds. The van der Waals surface area contributed by atoms with Gasteiger partial charge in [0.15, 0.2) is 0 Å². The number of rotatable bonds is 1. The van der Waals surface area contributed by atoms with Crippen LogP contribution in [0.15, 0.2) is 18.2 Å². The first kappa shape index (κ1) is 10.0. The number of carbonyl (C=O) groups excluding carboxylic acids is 1. The predicted octanol–water partition coefficient (Wildman–Crippen LogP) is 2.29. The van der Waals surface area contributed by atoms with E-state index >= 15 is 0 Å². The summed E-state index contributed by atoms with van der Waals surface area (Å²) >= 11 is 0. The van der Waals surface area contributed by atoms with E-state index in [1.54, 1.807) is 6.07 Å². The quantitative estimate of drug-likeness (QED) is 0.765. The molecule has 1 heterocycles. The van der Waals surface area contributed by atoms with E-state index in [-0.39, 0.29) is 17.9 Å². The summed E-state index contributed by atoms with van der Waals surface area (Å²) in [6.45, 7) is 0. The zero-order valence-electron chi connectivity index (χ0n) is 7.69. The molecule has 1 aliphatic heterocycles. The summed E-state index contributed by atoms with van der Waals surface area (Å²) in [4.78, 5) is 11.0. The molecule has 1 aliphatic rings. The van der Waals surface area contributed by atoms with E-state index in [1.807, 2.05) is 0 Å². The van der Waals surface area contributed by atoms with Crippen molar-refractivity contribution in [3.8, 4) is 0 Å². The Morgan fingerprint density at radius 1 is 1.33 bits per heavy atom. The number of carbonyl (C=O) groups is 1. The standard InChI is InChI=1S/C10H8F3NO/c11-10(12,13)5-6-1-2-7-4-9(15)14-8(7)3-6/h1-3H,4-5H2,(H,14,15). The highest BCUT2D eigenvalue weighted by Crippen LogP contribution is 2.27. The molecule has 80 valence electrons. The van der Waals surface area contributed by atoms with E-state index in [0.29, 0.717) is 5.69 Å². The molecule has 0 aromatic heterocycles. The summed E-state index contributed by atoms with van der Waals surface area (Å²) in [7, 11) is 0. The van der Waals surface area contributed by atoms with Gasteiger partial charge in [-0.15, -0.1) is 0 Å². The molecule has 15 heavy (non-hydrogen) atoms. The first-order chi connectivity index (χ1) is 6.94. The van der Waals surface area contributed by atoms with Crippen LogP contribution in [0.2, 0.25) is 0 Å². The lowest BCUT2D eigenvalue weighted by Gasteiger charge is -2.07. The second-order valence-corrected chi connectivity index (χ2v) is 3.51. The van der Waals surface area contributed by atoms with Crippen LogP contribution in [0.5, 0.6) is 0 Å². The van der Waals surface area contributed by atoms with E-state index in [9.17, 15) is 18.0 Å². The molecule has 0 bridgehead atoms. The molecule has 2 rings (SSSR count). The Labute approximate surface area is 84.1 Å². The van der Waals surface area contributed by atoms with Gasteiger partial charge in [-0.3, -0.25) is 4.79 Å². The third kappa shape index (κ3) is 2.29. The van der Waals surface area contributed by atoms with Crippen molar-refractivity contribution >= 4 is 11.6 Å². The van der Waals surface area contributed by atoms with Crippen LogP contribution in [0.1, 0.15) is 11.1 Å². The number of fused-ring (bicyclic) bond motifs is 1. The Hall–Kier alpha value is -1.52. The summed E-state index contributed by atoms with van der Waals surface area (Å²) in [5.74, 6) is -0.172. The molecule has 0 saturated carbocycles. The number of nitrogens with one attached hydrogen (secondary N) is 1. The van der Waals surface area contributed by atoms with Gasteiger partial charge in [-0.2, -0.15) is 13.2 Å². The monoisotopic (exact) mass is 215 g/mol. The van der Waals surface area contributed by atoms with Crippen molar-refractivity contribution in [1.29, 1.82) is 0 Å². The Kier molecular flexibility index (Phi) is 2.17. The smallest absolute Gasteiger partial charge is 0.326 e. The average Bonchev–Trinajstić information content (AvgIpc) is 2.40. The second kappa shape index (κ2) is 3.25. The van der Waals surface area contributed by atoms with Crippen LogP contribution < -0.4 is 5.32 Å². The van der Waals surface area contributed by atoms with Gasteiger partial charge >= 0.3 is 6.18 Å². The molecule has 0 atom stereocenters. The van der Waals surface area contributed by atoms with Gasteiger partial charge < -0.3 is 5.32 Å². The van der Waals surface area contributed by atoms with Gasteiger partial charge in [-0.1, -0.05) is 12.1 Å². The second-order valence-electron chi connectivity index (χ2n) is 3.51. The number of benzene rings is 1. The number of halogens is 3. The summed E-state index contributed by atoms with van der Waals surface area (Å²) in [5.41, 5.74) is 1.43. The van der Waals surface area contributed by atoms with Gasteiger partial charge in [0.05, 0.1) is 12.8 Å². The molecule has 2 nitrogen and oxygen atoms in total. The Morgan fingerprint density at radius 3 is 2.73 bits per heavy atom. The lowest BCUT2D eigenvalue weighted by molar-refractivity contribution is -0.127. The van der Waals surface area contributed by atoms with Gasteiger partial charge in [0.2, 0.25) is 5.91 Å². The van der Waals surface area contributed by atoms with Crippen molar-refractivity contribution in [2.45, 2.75) is 19.0 Å². The summed E-state index contributed by atoms with van der Waals surface area (Å²) in [5, 5.41) is 2.52. The Balaban J connectivity index is 2.24. The first-order valence-electron chi connectivity index (χ1n) is 4.42. The molecule has 0 aliphatic carbocycles. The molecule has 0 saturated heterocycles. The maximum atomic E-state index is 12.1. The van der Waals surface area contributed by atoms with Crippen molar-refractivity contribution in [3.63, 3.8) is 0 Å².